The van der Waals surface area contributed by atoms with E-state index >= 15 is 0 Å². The molecule has 1 fully saturated rings. The molecule has 1 atom stereocenters. The van der Waals surface area contributed by atoms with Crippen LogP contribution < -0.4 is 0 Å². The Morgan fingerprint density at radius 2 is 2.33 bits per heavy atom. The topological polar surface area (TPSA) is 23.5 Å². The van der Waals surface area contributed by atoms with E-state index in [1.54, 1.807) is 0 Å². The van der Waals surface area contributed by atoms with E-state index in [9.17, 15) is 0 Å². The van der Waals surface area contributed by atoms with Crippen LogP contribution in [0.25, 0.3) is 0 Å². The maximum Gasteiger partial charge on any atom is 0.0586 e. The van der Waals surface area contributed by atoms with Crippen molar-refractivity contribution in [3.63, 3.8) is 0 Å². The monoisotopic (exact) mass is 166 g/mol. The van der Waals surface area contributed by atoms with Crippen LogP contribution >= 0.6 is 0 Å². The summed E-state index contributed by atoms with van der Waals surface area (Å²) in [7, 11) is 2.06. The van der Waals surface area contributed by atoms with Gasteiger partial charge in [-0.05, 0) is 26.4 Å². The number of aliphatic hydroxyl groups excluding tert-OH is 1. The Labute approximate surface area is 68.1 Å². The maximum absolute atomic E-state index is 8.69. The largest absolute Gasteiger partial charge is 0.395 e. The summed E-state index contributed by atoms with van der Waals surface area (Å²) in [6.07, 6.45) is 2.43. The molecule has 53 valence electrons. The second-order valence-corrected chi connectivity index (χ2v) is 2.46. The number of aliphatic hydroxyl groups is 1. The van der Waals surface area contributed by atoms with Crippen molar-refractivity contribution in [2.24, 2.45) is 0 Å². The summed E-state index contributed by atoms with van der Waals surface area (Å²) < 4.78 is 0. The first-order valence-corrected chi connectivity index (χ1v) is 3.15. The zero-order valence-electron chi connectivity index (χ0n) is 5.75. The summed E-state index contributed by atoms with van der Waals surface area (Å²) in [5, 5.41) is 8.69. The van der Waals surface area contributed by atoms with Crippen LogP contribution in [0.3, 0.4) is 0 Å². The first-order valence-electron chi connectivity index (χ1n) is 3.15. The van der Waals surface area contributed by atoms with E-state index in [0.29, 0.717) is 12.6 Å². The summed E-state index contributed by atoms with van der Waals surface area (Å²) in [6, 6.07) is 0.454. The van der Waals surface area contributed by atoms with Crippen LogP contribution in [0.2, 0.25) is 0 Å². The number of likely N-dealkylation sites (N-methyl/N-ethyl adjacent to an activating group) is 1. The average Bonchev–Trinajstić information content (AvgIpc) is 2.14. The van der Waals surface area contributed by atoms with Gasteiger partial charge in [-0.25, -0.2) is 0 Å². The molecule has 3 heteroatoms. The zero-order valence-corrected chi connectivity index (χ0v) is 7.14. The molecular formula is C6H13NOV. The predicted octanol–water partition coefficient (Wildman–Crippen LogP) is 0.0704. The molecule has 1 aliphatic heterocycles. The fourth-order valence-electron chi connectivity index (χ4n) is 1.21. The molecule has 0 aromatic heterocycles. The molecule has 0 spiro atoms. The molecule has 0 aromatic carbocycles. The molecule has 1 rings (SSSR count). The van der Waals surface area contributed by atoms with Gasteiger partial charge in [-0.2, -0.15) is 0 Å². The van der Waals surface area contributed by atoms with Crippen molar-refractivity contribution in [1.29, 1.82) is 0 Å². The Bertz CT molecular complexity index is 79.5. The van der Waals surface area contributed by atoms with Gasteiger partial charge in [-0.1, -0.05) is 0 Å². The molecule has 1 N–H and O–H groups in total. The van der Waals surface area contributed by atoms with E-state index in [1.807, 2.05) is 0 Å². The Balaban J connectivity index is 0.000000640. The normalized spacial score (nSPS) is 28.0. The Morgan fingerprint density at radius 1 is 1.67 bits per heavy atom. The maximum atomic E-state index is 8.69. The Hall–Kier alpha value is 0.504. The average molecular weight is 166 g/mol. The van der Waals surface area contributed by atoms with Gasteiger partial charge in [0, 0.05) is 24.6 Å². The van der Waals surface area contributed by atoms with Gasteiger partial charge in [0.2, 0.25) is 0 Å². The van der Waals surface area contributed by atoms with Crippen molar-refractivity contribution in [1.82, 2.24) is 4.90 Å². The third kappa shape index (κ3) is 2.30. The van der Waals surface area contributed by atoms with Gasteiger partial charge in [0.1, 0.15) is 0 Å². The zero-order chi connectivity index (χ0) is 5.98. The van der Waals surface area contributed by atoms with Crippen LogP contribution in [0.4, 0.5) is 0 Å². The van der Waals surface area contributed by atoms with Crippen LogP contribution in [-0.2, 0) is 18.6 Å². The van der Waals surface area contributed by atoms with Crippen molar-refractivity contribution in [2.75, 3.05) is 20.2 Å². The van der Waals surface area contributed by atoms with Gasteiger partial charge in [0.15, 0.2) is 0 Å². The third-order valence-corrected chi connectivity index (χ3v) is 1.88. The number of nitrogens with zero attached hydrogens (tertiary/aromatic N) is 1. The Kier molecular flexibility index (Phi) is 4.58. The van der Waals surface area contributed by atoms with Gasteiger partial charge in [0.05, 0.1) is 6.61 Å². The van der Waals surface area contributed by atoms with Crippen LogP contribution in [0.15, 0.2) is 0 Å². The minimum Gasteiger partial charge on any atom is -0.395 e. The van der Waals surface area contributed by atoms with Gasteiger partial charge in [-0.15, -0.1) is 0 Å². The van der Waals surface area contributed by atoms with Crippen molar-refractivity contribution in [3.05, 3.63) is 0 Å². The van der Waals surface area contributed by atoms with Crippen LogP contribution in [-0.4, -0.2) is 36.2 Å². The minimum absolute atomic E-state index is 0. The predicted molar refractivity (Wildman–Crippen MR) is 32.7 cm³/mol. The molecule has 0 bridgehead atoms. The van der Waals surface area contributed by atoms with Gasteiger partial charge in [0.25, 0.3) is 0 Å². The quantitative estimate of drug-likeness (QED) is 0.595. The molecule has 9 heavy (non-hydrogen) atoms. The third-order valence-electron chi connectivity index (χ3n) is 1.88. The van der Waals surface area contributed by atoms with E-state index in [4.69, 9.17) is 5.11 Å². The second-order valence-electron chi connectivity index (χ2n) is 2.46. The summed E-state index contributed by atoms with van der Waals surface area (Å²) >= 11 is 0. The van der Waals surface area contributed by atoms with Gasteiger partial charge < -0.3 is 10.0 Å². The van der Waals surface area contributed by atoms with E-state index in [1.165, 1.54) is 12.8 Å². The summed E-state index contributed by atoms with van der Waals surface area (Å²) in [5.41, 5.74) is 0. The van der Waals surface area contributed by atoms with Gasteiger partial charge >= 0.3 is 0 Å². The molecule has 1 heterocycles. The minimum atomic E-state index is 0. The summed E-state index contributed by atoms with van der Waals surface area (Å²) in [6.45, 7) is 1.49. The van der Waals surface area contributed by atoms with Crippen LogP contribution in [0, 0.1) is 0 Å². The van der Waals surface area contributed by atoms with Gasteiger partial charge in [-0.3, -0.25) is 0 Å². The van der Waals surface area contributed by atoms with Crippen LogP contribution in [0.5, 0.6) is 0 Å². The standard InChI is InChI=1S/C6H13NO.V/c1-7-4-2-3-6(7)5-8;/h6,8H,2-5H2,1H3;. The molecule has 1 radical (unpaired) electrons. The number of hydrogen-bond acceptors (Lipinski definition) is 2. The first kappa shape index (κ1) is 9.50. The fraction of sp³-hybridized carbons (Fsp3) is 1.00. The molecule has 2 nitrogen and oxygen atoms in total. The molecule has 1 aliphatic rings. The number of rotatable bonds is 1. The van der Waals surface area contributed by atoms with E-state index in [0.717, 1.165) is 6.54 Å². The van der Waals surface area contributed by atoms with Crippen molar-refractivity contribution in [3.8, 4) is 0 Å². The molecule has 1 saturated heterocycles. The van der Waals surface area contributed by atoms with E-state index in [2.05, 4.69) is 11.9 Å². The molecular weight excluding hydrogens is 153 g/mol. The molecule has 0 aromatic rings. The first-order chi connectivity index (χ1) is 3.84. The fourth-order valence-corrected chi connectivity index (χ4v) is 1.21. The molecule has 0 saturated carbocycles. The molecule has 0 aliphatic carbocycles. The molecule has 0 amide bonds. The van der Waals surface area contributed by atoms with E-state index in [-0.39, 0.29) is 18.6 Å². The SMILES string of the molecule is CN1CCCC1CO.[V]. The van der Waals surface area contributed by atoms with Crippen molar-refractivity contribution >= 4 is 0 Å². The summed E-state index contributed by atoms with van der Waals surface area (Å²) in [5.74, 6) is 0. The number of likely N-dealkylation sites (tertiary alicyclic amines) is 1. The van der Waals surface area contributed by atoms with Crippen LogP contribution in [0.1, 0.15) is 12.8 Å². The van der Waals surface area contributed by atoms with Crippen molar-refractivity contribution in [2.45, 2.75) is 18.9 Å². The second kappa shape index (κ2) is 4.34. The Morgan fingerprint density at radius 3 is 2.56 bits per heavy atom. The smallest absolute Gasteiger partial charge is 0.0586 e. The number of hydrogen-bond donors (Lipinski definition) is 1. The molecule has 1 unspecified atom stereocenters. The van der Waals surface area contributed by atoms with Crippen molar-refractivity contribution < 1.29 is 23.7 Å². The van der Waals surface area contributed by atoms with E-state index < -0.39 is 0 Å². The summed E-state index contributed by atoms with van der Waals surface area (Å²) in [4.78, 5) is 2.21.